The molecule has 2 amide bonds. The summed E-state index contributed by atoms with van der Waals surface area (Å²) >= 11 is 0. The molecule has 3 N–H and O–H groups in total. The molecule has 1 heterocycles. The Kier molecular flexibility index (Phi) is 6.64. The van der Waals surface area contributed by atoms with Gasteiger partial charge in [-0.25, -0.2) is 0 Å². The van der Waals surface area contributed by atoms with E-state index in [-0.39, 0.29) is 23.8 Å². The molecule has 2 rings (SSSR count). The van der Waals surface area contributed by atoms with Crippen LogP contribution >= 0.6 is 0 Å². The Bertz CT molecular complexity index is 612. The molecule has 1 aromatic rings. The van der Waals surface area contributed by atoms with Gasteiger partial charge in [-0.2, -0.15) is 0 Å². The zero-order valence-corrected chi connectivity index (χ0v) is 15.1. The first-order valence-corrected chi connectivity index (χ1v) is 8.48. The molecule has 1 aliphatic heterocycles. The number of hydrogen-bond donors (Lipinski definition) is 3. The molecule has 7 heteroatoms. The number of ether oxygens (including phenoxy) is 2. The Morgan fingerprint density at radius 1 is 1.24 bits per heavy atom. The van der Waals surface area contributed by atoms with Crippen LogP contribution in [0.15, 0.2) is 18.2 Å². The lowest BCUT2D eigenvalue weighted by Gasteiger charge is -2.34. The minimum Gasteiger partial charge on any atom is -0.493 e. The van der Waals surface area contributed by atoms with Crippen LogP contribution in [0.5, 0.6) is 11.5 Å². The van der Waals surface area contributed by atoms with Crippen molar-refractivity contribution in [1.82, 2.24) is 16.0 Å². The predicted octanol–water partition coefficient (Wildman–Crippen LogP) is 0.939. The molecule has 0 radical (unpaired) electrons. The average molecular weight is 349 g/mol. The van der Waals surface area contributed by atoms with E-state index in [0.29, 0.717) is 23.6 Å². The number of carbonyl (C=O) groups is 2. The average Bonchev–Trinajstić information content (AvgIpc) is 2.64. The number of likely N-dealkylation sites (N-methyl/N-ethyl adjacent to an activating group) is 1. The lowest BCUT2D eigenvalue weighted by molar-refractivity contribution is -0.122. The summed E-state index contributed by atoms with van der Waals surface area (Å²) in [7, 11) is 3.04. The van der Waals surface area contributed by atoms with Crippen molar-refractivity contribution in [2.45, 2.75) is 19.8 Å². The lowest BCUT2D eigenvalue weighted by atomic mass is 9.81. The Hall–Kier alpha value is -2.28. The second kappa shape index (κ2) is 8.71. The Morgan fingerprint density at radius 2 is 1.96 bits per heavy atom. The van der Waals surface area contributed by atoms with Crippen molar-refractivity contribution in [3.8, 4) is 11.5 Å². The van der Waals surface area contributed by atoms with Crippen LogP contribution < -0.4 is 25.4 Å². The zero-order chi connectivity index (χ0) is 18.3. The minimum atomic E-state index is -0.237. The maximum absolute atomic E-state index is 12.4. The van der Waals surface area contributed by atoms with Gasteiger partial charge in [0.15, 0.2) is 18.1 Å². The van der Waals surface area contributed by atoms with E-state index >= 15 is 0 Å². The summed E-state index contributed by atoms with van der Waals surface area (Å²) in [4.78, 5) is 23.7. The van der Waals surface area contributed by atoms with Crippen LogP contribution in [0.25, 0.3) is 0 Å². The van der Waals surface area contributed by atoms with E-state index in [9.17, 15) is 9.59 Å². The molecule has 1 fully saturated rings. The van der Waals surface area contributed by atoms with Gasteiger partial charge >= 0.3 is 0 Å². The topological polar surface area (TPSA) is 88.7 Å². The van der Waals surface area contributed by atoms with Gasteiger partial charge in [-0.1, -0.05) is 6.92 Å². The van der Waals surface area contributed by atoms with Gasteiger partial charge in [0.05, 0.1) is 7.11 Å². The number of carbonyl (C=O) groups excluding carboxylic acids is 2. The summed E-state index contributed by atoms with van der Waals surface area (Å²) in [5.41, 5.74) is 0.628. The highest BCUT2D eigenvalue weighted by atomic mass is 16.5. The van der Waals surface area contributed by atoms with Crippen LogP contribution in [0.4, 0.5) is 0 Å². The number of benzene rings is 1. The van der Waals surface area contributed by atoms with Crippen molar-refractivity contribution < 1.29 is 19.1 Å². The van der Waals surface area contributed by atoms with Gasteiger partial charge in [0.25, 0.3) is 11.8 Å². The highest BCUT2D eigenvalue weighted by Gasteiger charge is 2.27. The molecule has 1 aromatic carbocycles. The van der Waals surface area contributed by atoms with E-state index in [2.05, 4.69) is 22.9 Å². The Balaban J connectivity index is 1.98. The maximum atomic E-state index is 12.4. The van der Waals surface area contributed by atoms with Crippen LogP contribution in [0.2, 0.25) is 0 Å². The molecule has 25 heavy (non-hydrogen) atoms. The fourth-order valence-corrected chi connectivity index (χ4v) is 2.75. The van der Waals surface area contributed by atoms with Crippen molar-refractivity contribution >= 4 is 11.8 Å². The Labute approximate surface area is 148 Å². The third-order valence-electron chi connectivity index (χ3n) is 4.55. The number of rotatable bonds is 7. The minimum absolute atomic E-state index is 0.106. The fourth-order valence-electron chi connectivity index (χ4n) is 2.75. The van der Waals surface area contributed by atoms with Crippen molar-refractivity contribution in [2.75, 3.05) is 40.4 Å². The molecule has 0 bridgehead atoms. The second-order valence-electron chi connectivity index (χ2n) is 6.57. The van der Waals surface area contributed by atoms with Gasteiger partial charge < -0.3 is 25.4 Å². The molecule has 0 aliphatic carbocycles. The highest BCUT2D eigenvalue weighted by molar-refractivity contribution is 5.94. The molecule has 0 saturated carbocycles. The van der Waals surface area contributed by atoms with Gasteiger partial charge in [0, 0.05) is 19.2 Å². The van der Waals surface area contributed by atoms with Gasteiger partial charge in [-0.05, 0) is 49.5 Å². The predicted molar refractivity (Wildman–Crippen MR) is 95.1 cm³/mol. The first-order valence-electron chi connectivity index (χ1n) is 8.48. The molecule has 0 aromatic heterocycles. The van der Waals surface area contributed by atoms with Gasteiger partial charge in [-0.15, -0.1) is 0 Å². The largest absolute Gasteiger partial charge is 0.493 e. The molecular weight excluding hydrogens is 322 g/mol. The van der Waals surface area contributed by atoms with Crippen molar-refractivity contribution in [3.05, 3.63) is 23.8 Å². The van der Waals surface area contributed by atoms with Gasteiger partial charge in [-0.3, -0.25) is 9.59 Å². The lowest BCUT2D eigenvalue weighted by Crippen LogP contribution is -2.42. The van der Waals surface area contributed by atoms with Crippen molar-refractivity contribution in [1.29, 1.82) is 0 Å². The summed E-state index contributed by atoms with van der Waals surface area (Å²) in [5, 5.41) is 8.83. The molecule has 1 aliphatic rings. The van der Waals surface area contributed by atoms with Gasteiger partial charge in [0.1, 0.15) is 0 Å². The molecule has 1 saturated heterocycles. The number of piperidine rings is 1. The summed E-state index contributed by atoms with van der Waals surface area (Å²) < 4.78 is 10.7. The summed E-state index contributed by atoms with van der Waals surface area (Å²) in [6.07, 6.45) is 2.09. The molecular formula is C18H27N3O4. The van der Waals surface area contributed by atoms with Crippen LogP contribution in [-0.4, -0.2) is 52.2 Å². The smallest absolute Gasteiger partial charge is 0.257 e. The van der Waals surface area contributed by atoms with E-state index in [1.54, 1.807) is 25.2 Å². The molecule has 0 atom stereocenters. The number of amides is 2. The maximum Gasteiger partial charge on any atom is 0.257 e. The van der Waals surface area contributed by atoms with Crippen molar-refractivity contribution in [2.24, 2.45) is 5.41 Å². The quantitative estimate of drug-likeness (QED) is 0.682. The van der Waals surface area contributed by atoms with Crippen molar-refractivity contribution in [3.63, 3.8) is 0 Å². The van der Waals surface area contributed by atoms with E-state index in [1.165, 1.54) is 7.11 Å². The normalized spacial score (nSPS) is 16.0. The van der Waals surface area contributed by atoms with Crippen LogP contribution in [0.1, 0.15) is 30.1 Å². The fraction of sp³-hybridized carbons (Fsp3) is 0.556. The number of hydrogen-bond acceptors (Lipinski definition) is 5. The second-order valence-corrected chi connectivity index (χ2v) is 6.57. The summed E-state index contributed by atoms with van der Waals surface area (Å²) in [6.45, 7) is 4.70. The van der Waals surface area contributed by atoms with Crippen LogP contribution in [0, 0.1) is 5.41 Å². The van der Waals surface area contributed by atoms with E-state index in [4.69, 9.17) is 9.47 Å². The number of methoxy groups -OCH3 is 1. The third kappa shape index (κ3) is 5.35. The monoisotopic (exact) mass is 349 g/mol. The molecule has 7 nitrogen and oxygen atoms in total. The van der Waals surface area contributed by atoms with Crippen LogP contribution in [0.3, 0.4) is 0 Å². The number of nitrogens with one attached hydrogen (secondary N) is 3. The highest BCUT2D eigenvalue weighted by Crippen LogP contribution is 2.29. The standard InChI is InChI=1S/C18H27N3O4/c1-18(6-8-20-9-7-18)12-21-17(23)13-4-5-14(15(10-13)24-3)25-11-16(22)19-2/h4-5,10,20H,6-9,11-12H2,1-3H3,(H,19,22)(H,21,23). The summed E-state index contributed by atoms with van der Waals surface area (Å²) in [6, 6.07) is 4.93. The first kappa shape index (κ1) is 19.1. The van der Waals surface area contributed by atoms with E-state index in [1.807, 2.05) is 0 Å². The third-order valence-corrected chi connectivity index (χ3v) is 4.55. The molecule has 0 unspecified atom stereocenters. The first-order chi connectivity index (χ1) is 12.0. The van der Waals surface area contributed by atoms with Gasteiger partial charge in [0.2, 0.25) is 0 Å². The SMILES string of the molecule is CNC(=O)COc1ccc(C(=O)NCC2(C)CCNCC2)cc1OC. The molecule has 0 spiro atoms. The zero-order valence-electron chi connectivity index (χ0n) is 15.1. The van der Waals surface area contributed by atoms with E-state index in [0.717, 1.165) is 25.9 Å². The Morgan fingerprint density at radius 3 is 2.60 bits per heavy atom. The van der Waals surface area contributed by atoms with Crippen LogP contribution in [-0.2, 0) is 4.79 Å². The van der Waals surface area contributed by atoms with E-state index < -0.39 is 0 Å². The summed E-state index contributed by atoms with van der Waals surface area (Å²) in [5.74, 6) is 0.465. The molecule has 138 valence electrons.